The van der Waals surface area contributed by atoms with E-state index in [0.717, 1.165) is 31.8 Å². The van der Waals surface area contributed by atoms with Crippen LogP contribution in [0.4, 0.5) is 0 Å². The summed E-state index contributed by atoms with van der Waals surface area (Å²) in [4.78, 5) is 30.7. The summed E-state index contributed by atoms with van der Waals surface area (Å²) in [5.74, 6) is 1.31. The first-order chi connectivity index (χ1) is 12.0. The van der Waals surface area contributed by atoms with Gasteiger partial charge in [-0.25, -0.2) is 0 Å². The second kappa shape index (κ2) is 8.04. The minimum absolute atomic E-state index is 0.0654. The molecule has 0 N–H and O–H groups in total. The molecule has 1 aromatic rings. The van der Waals surface area contributed by atoms with E-state index in [1.54, 1.807) is 17.0 Å². The molecule has 1 saturated heterocycles. The van der Waals surface area contributed by atoms with Crippen LogP contribution in [-0.4, -0.2) is 72.3 Å². The molecule has 2 fully saturated rings. The number of piperazine rings is 1. The van der Waals surface area contributed by atoms with Gasteiger partial charge in [-0.15, -0.1) is 0 Å². The molecule has 0 aromatic carbocycles. The van der Waals surface area contributed by atoms with Crippen LogP contribution in [0.5, 0.6) is 0 Å². The molecule has 3 rings (SSSR count). The smallest absolute Gasteiger partial charge is 0.289 e. The van der Waals surface area contributed by atoms with Crippen molar-refractivity contribution in [2.75, 3.05) is 39.8 Å². The van der Waals surface area contributed by atoms with Crippen LogP contribution < -0.4 is 0 Å². The molecule has 1 aliphatic carbocycles. The molecule has 0 radical (unpaired) electrons. The Balaban J connectivity index is 1.44. The third-order valence-electron chi connectivity index (χ3n) is 5.68. The first-order valence-corrected chi connectivity index (χ1v) is 9.35. The molecule has 0 unspecified atom stereocenters. The van der Waals surface area contributed by atoms with Crippen molar-refractivity contribution in [3.63, 3.8) is 0 Å². The van der Waals surface area contributed by atoms with Crippen LogP contribution in [0.3, 0.4) is 0 Å². The summed E-state index contributed by atoms with van der Waals surface area (Å²) >= 11 is 0. The first-order valence-electron chi connectivity index (χ1n) is 9.35. The van der Waals surface area contributed by atoms with Crippen LogP contribution in [-0.2, 0) is 4.79 Å². The van der Waals surface area contributed by atoms with Gasteiger partial charge in [0, 0.05) is 39.3 Å². The van der Waals surface area contributed by atoms with Gasteiger partial charge in [-0.05, 0) is 43.7 Å². The van der Waals surface area contributed by atoms with Gasteiger partial charge in [0.1, 0.15) is 0 Å². The van der Waals surface area contributed by atoms with Crippen molar-refractivity contribution >= 4 is 11.8 Å². The lowest BCUT2D eigenvalue weighted by atomic mass is 9.87. The Hall–Kier alpha value is -1.82. The van der Waals surface area contributed by atoms with Gasteiger partial charge in [0.25, 0.3) is 5.91 Å². The molecule has 2 amide bonds. The Morgan fingerprint density at radius 1 is 1.16 bits per heavy atom. The Morgan fingerprint density at radius 3 is 2.44 bits per heavy atom. The van der Waals surface area contributed by atoms with Gasteiger partial charge in [-0.1, -0.05) is 6.92 Å². The summed E-state index contributed by atoms with van der Waals surface area (Å²) in [6.07, 6.45) is 6.19. The van der Waals surface area contributed by atoms with Crippen molar-refractivity contribution in [2.24, 2.45) is 5.92 Å². The maximum atomic E-state index is 12.6. The zero-order valence-corrected chi connectivity index (χ0v) is 15.3. The monoisotopic (exact) mass is 347 g/mol. The van der Waals surface area contributed by atoms with Crippen molar-refractivity contribution in [3.8, 4) is 0 Å². The Labute approximate surface area is 149 Å². The fourth-order valence-electron chi connectivity index (χ4n) is 3.80. The quantitative estimate of drug-likeness (QED) is 0.837. The number of likely N-dealkylation sites (N-methyl/N-ethyl adjacent to an activating group) is 1. The number of hydrogen-bond donors (Lipinski definition) is 0. The van der Waals surface area contributed by atoms with Gasteiger partial charge in [-0.3, -0.25) is 14.5 Å². The third kappa shape index (κ3) is 4.42. The molecule has 2 aliphatic rings. The number of hydrogen-bond acceptors (Lipinski definition) is 4. The van der Waals surface area contributed by atoms with Crippen LogP contribution in [0.25, 0.3) is 0 Å². The van der Waals surface area contributed by atoms with Gasteiger partial charge in [0.05, 0.1) is 12.8 Å². The van der Waals surface area contributed by atoms with E-state index in [1.807, 2.05) is 11.9 Å². The van der Waals surface area contributed by atoms with Crippen LogP contribution in [0.1, 0.15) is 43.2 Å². The first kappa shape index (κ1) is 18.0. The predicted octanol–water partition coefficient (Wildman–Crippen LogP) is 2.07. The molecular formula is C19H29N3O3. The van der Waals surface area contributed by atoms with E-state index in [9.17, 15) is 9.59 Å². The van der Waals surface area contributed by atoms with Crippen LogP contribution in [0.2, 0.25) is 0 Å². The van der Waals surface area contributed by atoms with Crippen LogP contribution >= 0.6 is 0 Å². The number of rotatable bonds is 4. The molecule has 6 nitrogen and oxygen atoms in total. The number of carbonyl (C=O) groups is 2. The van der Waals surface area contributed by atoms with Gasteiger partial charge in [0.2, 0.25) is 5.91 Å². The van der Waals surface area contributed by atoms with Crippen molar-refractivity contribution in [3.05, 3.63) is 24.2 Å². The lowest BCUT2D eigenvalue weighted by Gasteiger charge is -2.37. The third-order valence-corrected chi connectivity index (χ3v) is 5.68. The SMILES string of the molecule is CC1CCC(N(C)C(=O)CN2CCN(C(=O)c3ccco3)CC2)CC1. The molecule has 2 heterocycles. The number of furan rings is 1. The Morgan fingerprint density at radius 2 is 1.84 bits per heavy atom. The number of carbonyl (C=O) groups excluding carboxylic acids is 2. The second-order valence-electron chi connectivity index (χ2n) is 7.46. The molecule has 1 aromatic heterocycles. The Kier molecular flexibility index (Phi) is 5.78. The van der Waals surface area contributed by atoms with Crippen molar-refractivity contribution < 1.29 is 14.0 Å². The number of amides is 2. The molecule has 138 valence electrons. The molecule has 1 aliphatic heterocycles. The summed E-state index contributed by atoms with van der Waals surface area (Å²) in [6.45, 7) is 5.48. The standard InChI is InChI=1S/C19H29N3O3/c1-15-5-7-16(8-6-15)20(2)18(23)14-21-9-11-22(12-10-21)19(24)17-4-3-13-25-17/h3-4,13,15-16H,5-12,14H2,1-2H3. The molecule has 1 saturated carbocycles. The van der Waals surface area contributed by atoms with E-state index in [2.05, 4.69) is 11.8 Å². The normalized spacial score (nSPS) is 25.0. The predicted molar refractivity (Wildman–Crippen MR) is 95.2 cm³/mol. The minimum atomic E-state index is -0.0654. The molecular weight excluding hydrogens is 318 g/mol. The zero-order chi connectivity index (χ0) is 17.8. The maximum absolute atomic E-state index is 12.6. The fourth-order valence-corrected chi connectivity index (χ4v) is 3.80. The average Bonchev–Trinajstić information content (AvgIpc) is 3.16. The molecule has 6 heteroatoms. The van der Waals surface area contributed by atoms with E-state index >= 15 is 0 Å². The van der Waals surface area contributed by atoms with Gasteiger partial charge < -0.3 is 14.2 Å². The lowest BCUT2D eigenvalue weighted by Crippen LogP contribution is -2.52. The van der Waals surface area contributed by atoms with E-state index < -0.39 is 0 Å². The van der Waals surface area contributed by atoms with Gasteiger partial charge in [-0.2, -0.15) is 0 Å². The largest absolute Gasteiger partial charge is 0.459 e. The molecule has 0 atom stereocenters. The van der Waals surface area contributed by atoms with Crippen LogP contribution in [0.15, 0.2) is 22.8 Å². The lowest BCUT2D eigenvalue weighted by molar-refractivity contribution is -0.134. The maximum Gasteiger partial charge on any atom is 0.289 e. The van der Waals surface area contributed by atoms with Crippen molar-refractivity contribution in [1.82, 2.24) is 14.7 Å². The van der Waals surface area contributed by atoms with Gasteiger partial charge >= 0.3 is 0 Å². The van der Waals surface area contributed by atoms with E-state index in [0.29, 0.717) is 31.4 Å². The van der Waals surface area contributed by atoms with Crippen LogP contribution in [0, 0.1) is 5.92 Å². The number of nitrogens with zero attached hydrogens (tertiary/aromatic N) is 3. The highest BCUT2D eigenvalue weighted by Gasteiger charge is 2.28. The minimum Gasteiger partial charge on any atom is -0.459 e. The highest BCUT2D eigenvalue weighted by Crippen LogP contribution is 2.26. The van der Waals surface area contributed by atoms with E-state index in [1.165, 1.54) is 19.1 Å². The highest BCUT2D eigenvalue weighted by atomic mass is 16.3. The molecule has 25 heavy (non-hydrogen) atoms. The second-order valence-corrected chi connectivity index (χ2v) is 7.46. The van der Waals surface area contributed by atoms with E-state index in [-0.39, 0.29) is 11.8 Å². The van der Waals surface area contributed by atoms with E-state index in [4.69, 9.17) is 4.42 Å². The van der Waals surface area contributed by atoms with Crippen molar-refractivity contribution in [1.29, 1.82) is 0 Å². The van der Waals surface area contributed by atoms with Crippen molar-refractivity contribution in [2.45, 2.75) is 38.6 Å². The summed E-state index contributed by atoms with van der Waals surface area (Å²) < 4.78 is 5.18. The summed E-state index contributed by atoms with van der Waals surface area (Å²) in [7, 11) is 1.94. The zero-order valence-electron chi connectivity index (χ0n) is 15.3. The fraction of sp³-hybridized carbons (Fsp3) is 0.684. The summed E-state index contributed by atoms with van der Waals surface area (Å²) in [5.41, 5.74) is 0. The van der Waals surface area contributed by atoms with Gasteiger partial charge in [0.15, 0.2) is 5.76 Å². The Bertz CT molecular complexity index is 571. The topological polar surface area (TPSA) is 57.0 Å². The highest BCUT2D eigenvalue weighted by molar-refractivity contribution is 5.91. The average molecular weight is 347 g/mol. The summed E-state index contributed by atoms with van der Waals surface area (Å²) in [6, 6.07) is 3.81. The summed E-state index contributed by atoms with van der Waals surface area (Å²) in [5, 5.41) is 0. The molecule has 0 bridgehead atoms. The molecule has 0 spiro atoms.